The highest BCUT2D eigenvalue weighted by molar-refractivity contribution is 5.80. The molecule has 0 bridgehead atoms. The zero-order valence-electron chi connectivity index (χ0n) is 18.3. The summed E-state index contributed by atoms with van der Waals surface area (Å²) >= 11 is 0. The summed E-state index contributed by atoms with van der Waals surface area (Å²) in [7, 11) is 1.66. The Bertz CT molecular complexity index is 792. The Balaban J connectivity index is 1.46. The summed E-state index contributed by atoms with van der Waals surface area (Å²) in [6.07, 6.45) is 1.91. The summed E-state index contributed by atoms with van der Waals surface area (Å²) in [6.45, 7) is 8.34. The molecular weight excluding hydrogens is 380 g/mol. The molecule has 1 aliphatic rings. The minimum atomic E-state index is 0.275. The quantitative estimate of drug-likeness (QED) is 0.458. The molecule has 2 unspecified atom stereocenters. The zero-order chi connectivity index (χ0) is 21.2. The number of aliphatic imine (C=N–C) groups is 1. The lowest BCUT2D eigenvalue weighted by molar-refractivity contribution is 0.0945. The molecule has 2 aromatic rings. The number of nitrogens with zero attached hydrogens (tertiary/aromatic N) is 4. The summed E-state index contributed by atoms with van der Waals surface area (Å²) < 4.78 is 13.0. The number of nitrogens with one attached hydrogen (secondary N) is 2. The number of methoxy groups -OCH3 is 1. The second-order valence-corrected chi connectivity index (χ2v) is 7.76. The van der Waals surface area contributed by atoms with E-state index in [2.05, 4.69) is 46.7 Å². The molecule has 164 valence electrons. The Kier molecular flexibility index (Phi) is 8.65. The van der Waals surface area contributed by atoms with Crippen molar-refractivity contribution < 1.29 is 9.47 Å². The first-order valence-corrected chi connectivity index (χ1v) is 10.8. The molecule has 0 saturated carbocycles. The average Bonchev–Trinajstić information content (AvgIpc) is 3.15. The maximum atomic E-state index is 5.85. The van der Waals surface area contributed by atoms with Crippen LogP contribution in [0.2, 0.25) is 0 Å². The van der Waals surface area contributed by atoms with Crippen LogP contribution in [0.3, 0.4) is 0 Å². The van der Waals surface area contributed by atoms with Crippen molar-refractivity contribution in [1.82, 2.24) is 25.4 Å². The molecule has 1 aromatic heterocycles. The largest absolute Gasteiger partial charge is 0.377 e. The van der Waals surface area contributed by atoms with Gasteiger partial charge < -0.3 is 20.1 Å². The molecular formula is C22H34N6O2. The van der Waals surface area contributed by atoms with Gasteiger partial charge in [-0.25, -0.2) is 9.67 Å². The first kappa shape index (κ1) is 22.2. The van der Waals surface area contributed by atoms with Gasteiger partial charge in [-0.1, -0.05) is 37.3 Å². The number of aromatic nitrogens is 3. The predicted molar refractivity (Wildman–Crippen MR) is 117 cm³/mol. The van der Waals surface area contributed by atoms with E-state index >= 15 is 0 Å². The molecule has 8 nitrogen and oxygen atoms in total. The van der Waals surface area contributed by atoms with Crippen LogP contribution in [0.25, 0.3) is 0 Å². The molecule has 0 fully saturated rings. The highest BCUT2D eigenvalue weighted by Crippen LogP contribution is 2.13. The molecule has 8 heteroatoms. The number of hydrogen-bond acceptors (Lipinski definition) is 5. The number of ether oxygens (including phenoxy) is 2. The number of benzene rings is 1. The smallest absolute Gasteiger partial charge is 0.191 e. The molecule has 0 radical (unpaired) electrons. The van der Waals surface area contributed by atoms with E-state index < -0.39 is 0 Å². The van der Waals surface area contributed by atoms with Gasteiger partial charge in [-0.3, -0.25) is 4.99 Å². The molecule has 0 saturated heterocycles. The van der Waals surface area contributed by atoms with Gasteiger partial charge in [0.05, 0.1) is 19.8 Å². The summed E-state index contributed by atoms with van der Waals surface area (Å²) in [5.74, 6) is 2.97. The zero-order valence-corrected chi connectivity index (χ0v) is 18.3. The number of guanidine groups is 1. The van der Waals surface area contributed by atoms with Crippen LogP contribution in [0.15, 0.2) is 35.3 Å². The second-order valence-electron chi connectivity index (χ2n) is 7.76. The minimum Gasteiger partial charge on any atom is -0.377 e. The van der Waals surface area contributed by atoms with E-state index in [1.165, 1.54) is 5.56 Å². The highest BCUT2D eigenvalue weighted by Gasteiger charge is 2.22. The summed E-state index contributed by atoms with van der Waals surface area (Å²) in [5.41, 5.74) is 1.20. The Labute approximate surface area is 179 Å². The Morgan fingerprint density at radius 1 is 1.30 bits per heavy atom. The van der Waals surface area contributed by atoms with Gasteiger partial charge in [0, 0.05) is 32.7 Å². The summed E-state index contributed by atoms with van der Waals surface area (Å²) in [5, 5.41) is 11.4. The van der Waals surface area contributed by atoms with Gasteiger partial charge in [0.1, 0.15) is 12.4 Å². The van der Waals surface area contributed by atoms with E-state index in [-0.39, 0.29) is 6.04 Å². The van der Waals surface area contributed by atoms with Crippen LogP contribution >= 0.6 is 0 Å². The van der Waals surface area contributed by atoms with Gasteiger partial charge in [0.2, 0.25) is 0 Å². The van der Waals surface area contributed by atoms with Crippen LogP contribution in [-0.4, -0.2) is 53.6 Å². The first-order valence-electron chi connectivity index (χ1n) is 10.8. The SMILES string of the molecule is CCNC(=NCC(C)COCc1ccccc1)NC1CCc2nc(COC)nn2C1. The Hall–Kier alpha value is -2.45. The maximum absolute atomic E-state index is 5.85. The molecule has 1 aromatic carbocycles. The summed E-state index contributed by atoms with van der Waals surface area (Å²) in [4.78, 5) is 9.31. The van der Waals surface area contributed by atoms with Crippen LogP contribution in [-0.2, 0) is 35.7 Å². The lowest BCUT2D eigenvalue weighted by Gasteiger charge is -2.25. The minimum absolute atomic E-state index is 0.275. The maximum Gasteiger partial charge on any atom is 0.191 e. The number of aryl methyl sites for hydroxylation is 1. The highest BCUT2D eigenvalue weighted by atomic mass is 16.5. The molecule has 0 spiro atoms. The molecule has 2 N–H and O–H groups in total. The average molecular weight is 415 g/mol. The topological polar surface area (TPSA) is 85.6 Å². The van der Waals surface area contributed by atoms with Gasteiger partial charge in [-0.2, -0.15) is 5.10 Å². The van der Waals surface area contributed by atoms with Crippen LogP contribution in [0.5, 0.6) is 0 Å². The Morgan fingerprint density at radius 3 is 2.90 bits per heavy atom. The molecule has 30 heavy (non-hydrogen) atoms. The number of rotatable bonds is 10. The van der Waals surface area contributed by atoms with Crippen molar-refractivity contribution in [2.45, 2.75) is 52.5 Å². The third-order valence-electron chi connectivity index (χ3n) is 4.94. The van der Waals surface area contributed by atoms with E-state index in [0.717, 1.165) is 43.5 Å². The Morgan fingerprint density at radius 2 is 2.13 bits per heavy atom. The van der Waals surface area contributed by atoms with Crippen molar-refractivity contribution in [1.29, 1.82) is 0 Å². The van der Waals surface area contributed by atoms with E-state index in [9.17, 15) is 0 Å². The van der Waals surface area contributed by atoms with E-state index in [0.29, 0.717) is 32.3 Å². The van der Waals surface area contributed by atoms with Crippen LogP contribution in [0.4, 0.5) is 0 Å². The fraction of sp³-hybridized carbons (Fsp3) is 0.591. The molecule has 1 aliphatic heterocycles. The lowest BCUT2D eigenvalue weighted by Crippen LogP contribution is -2.47. The standard InChI is InChI=1S/C22H34N6O2/c1-4-23-22(24-12-17(2)14-30-15-18-8-6-5-7-9-18)25-19-10-11-21-26-20(16-29-3)27-28(21)13-19/h5-9,17,19H,4,10-16H2,1-3H3,(H2,23,24,25). The van der Waals surface area contributed by atoms with Gasteiger partial charge in [0.15, 0.2) is 11.8 Å². The normalized spacial score (nSPS) is 17.4. The van der Waals surface area contributed by atoms with Crippen molar-refractivity contribution in [3.8, 4) is 0 Å². The van der Waals surface area contributed by atoms with Crippen LogP contribution in [0, 0.1) is 5.92 Å². The number of hydrogen-bond donors (Lipinski definition) is 2. The second kappa shape index (κ2) is 11.7. The van der Waals surface area contributed by atoms with Crippen molar-refractivity contribution in [2.75, 3.05) is 26.8 Å². The van der Waals surface area contributed by atoms with E-state index in [1.807, 2.05) is 22.9 Å². The van der Waals surface area contributed by atoms with Crippen LogP contribution < -0.4 is 10.6 Å². The third kappa shape index (κ3) is 6.81. The van der Waals surface area contributed by atoms with Crippen molar-refractivity contribution >= 4 is 5.96 Å². The third-order valence-corrected chi connectivity index (χ3v) is 4.94. The predicted octanol–water partition coefficient (Wildman–Crippen LogP) is 2.15. The fourth-order valence-corrected chi connectivity index (χ4v) is 3.43. The molecule has 3 rings (SSSR count). The van der Waals surface area contributed by atoms with Gasteiger partial charge in [0.25, 0.3) is 0 Å². The van der Waals surface area contributed by atoms with E-state index in [1.54, 1.807) is 7.11 Å². The van der Waals surface area contributed by atoms with Gasteiger partial charge in [-0.05, 0) is 24.8 Å². The monoisotopic (exact) mass is 414 g/mol. The van der Waals surface area contributed by atoms with Crippen molar-refractivity contribution in [3.63, 3.8) is 0 Å². The molecule has 2 atom stereocenters. The van der Waals surface area contributed by atoms with Crippen molar-refractivity contribution in [3.05, 3.63) is 47.5 Å². The molecule has 0 amide bonds. The first-order chi connectivity index (χ1) is 14.7. The summed E-state index contributed by atoms with van der Waals surface area (Å²) in [6, 6.07) is 10.5. The van der Waals surface area contributed by atoms with Crippen molar-refractivity contribution in [2.24, 2.45) is 10.9 Å². The van der Waals surface area contributed by atoms with E-state index in [4.69, 9.17) is 14.5 Å². The fourth-order valence-electron chi connectivity index (χ4n) is 3.43. The number of fused-ring (bicyclic) bond motifs is 1. The molecule has 2 heterocycles. The van der Waals surface area contributed by atoms with Crippen LogP contribution in [0.1, 0.15) is 37.5 Å². The molecule has 0 aliphatic carbocycles. The lowest BCUT2D eigenvalue weighted by atomic mass is 10.1. The van der Waals surface area contributed by atoms with Gasteiger partial charge >= 0.3 is 0 Å². The van der Waals surface area contributed by atoms with Gasteiger partial charge in [-0.15, -0.1) is 0 Å².